The third-order valence-electron chi connectivity index (χ3n) is 18.3. The number of anilines is 1. The molecule has 24 heteroatoms. The number of benzene rings is 4. The van der Waals surface area contributed by atoms with Gasteiger partial charge in [0.05, 0.1) is 42.5 Å². The molecule has 0 spiro atoms. The Hall–Kier alpha value is -9.13. The van der Waals surface area contributed by atoms with E-state index in [1.165, 1.54) is 15.9 Å². The van der Waals surface area contributed by atoms with Gasteiger partial charge in [0.2, 0.25) is 11.8 Å². The van der Waals surface area contributed by atoms with E-state index in [0.29, 0.717) is 107 Å². The summed E-state index contributed by atoms with van der Waals surface area (Å²) >= 11 is 0. The highest BCUT2D eigenvalue weighted by Gasteiger charge is 2.30. The molecule has 0 aliphatic carbocycles. The number of hydrogen-bond acceptors (Lipinski definition) is 12. The SMILES string of the molecule is COc1cc(N2CCN(CCCNC[n+]3ccn(CCC(=O)N4CCC=C(c5cc(-c6ccc(C7CCNCC7)c(F)c6)c6cc(C(=O)N(C)C)[nH]c6c5F)C4)n3)CC2)ccc1-c1cc(C2=CCCN(C(=O)CCn3ccnn3)C2)c(F)c2[nH]c(C(=O)N(C)C)cc12. The van der Waals surface area contributed by atoms with Gasteiger partial charge in [-0.1, -0.05) is 29.5 Å². The first-order valence-electron chi connectivity index (χ1n) is 31.8. The number of carbonyl (C=O) groups excluding carboxylic acids is 4. The first-order chi connectivity index (χ1) is 44.6. The van der Waals surface area contributed by atoms with Gasteiger partial charge in [-0.25, -0.2) is 13.2 Å². The summed E-state index contributed by atoms with van der Waals surface area (Å²) in [5.74, 6) is -1.35. The van der Waals surface area contributed by atoms with Crippen LogP contribution in [0.2, 0.25) is 0 Å². The molecule has 0 bridgehead atoms. The van der Waals surface area contributed by atoms with Crippen LogP contribution in [0.15, 0.2) is 97.6 Å². The van der Waals surface area contributed by atoms with Crippen LogP contribution in [-0.4, -0.2) is 197 Å². The van der Waals surface area contributed by atoms with E-state index in [0.717, 1.165) is 82.9 Å². The molecule has 2 saturated heterocycles. The lowest BCUT2D eigenvalue weighted by atomic mass is 9.87. The number of amides is 4. The summed E-state index contributed by atoms with van der Waals surface area (Å²) in [6.45, 7) is 9.41. The van der Waals surface area contributed by atoms with E-state index in [4.69, 9.17) is 4.74 Å². The number of aryl methyl sites for hydroxylation is 2. The topological polar surface area (TPSA) is 205 Å². The average Bonchev–Trinajstić information content (AvgIpc) is 1.23. The second-order valence-electron chi connectivity index (χ2n) is 24.7. The van der Waals surface area contributed by atoms with Gasteiger partial charge in [0.25, 0.3) is 11.8 Å². The lowest BCUT2D eigenvalue weighted by Gasteiger charge is -2.36. The molecule has 8 heterocycles. The van der Waals surface area contributed by atoms with E-state index in [-0.39, 0.29) is 83.7 Å². The Morgan fingerprint density at radius 1 is 0.685 bits per heavy atom. The maximum atomic E-state index is 16.9. The quantitative estimate of drug-likeness (QED) is 0.0407. The zero-order valence-corrected chi connectivity index (χ0v) is 52.9. The molecule has 0 unspecified atom stereocenters. The third-order valence-corrected chi connectivity index (χ3v) is 18.3. The maximum absolute atomic E-state index is 16.9. The van der Waals surface area contributed by atoms with Crippen LogP contribution in [0, 0.1) is 17.5 Å². The van der Waals surface area contributed by atoms with Gasteiger partial charge in [-0.3, -0.25) is 34.1 Å². The van der Waals surface area contributed by atoms with Gasteiger partial charge in [-0.15, -0.1) is 14.5 Å². The molecule has 2 fully saturated rings. The summed E-state index contributed by atoms with van der Waals surface area (Å²) in [7, 11) is 8.20. The van der Waals surface area contributed by atoms with Gasteiger partial charge in [0, 0.05) is 132 Å². The predicted molar refractivity (Wildman–Crippen MR) is 346 cm³/mol. The van der Waals surface area contributed by atoms with Crippen LogP contribution in [0.25, 0.3) is 55.2 Å². The Labute approximate surface area is 532 Å². The minimum atomic E-state index is -0.531. The molecule has 0 saturated carbocycles. The minimum absolute atomic E-state index is 0.0592. The van der Waals surface area contributed by atoms with Crippen LogP contribution < -0.4 is 25.0 Å². The van der Waals surface area contributed by atoms with E-state index >= 15 is 13.2 Å². The molecule has 4 aliphatic rings. The van der Waals surface area contributed by atoms with Crippen molar-refractivity contribution in [3.05, 3.63) is 143 Å². The lowest BCUT2D eigenvalue weighted by Crippen LogP contribution is -2.47. The standard InChI is InChI=1S/C68H79F3N16O5/c1-79(2)67(90)58-39-55-51(45-11-13-49(57(69)35-45)44-15-20-72-21-16-44)37-52(63(70)65(55)75-58)46-9-6-25-84(41-46)62(89)18-27-86-33-34-87(78-86)43-73-19-8-23-81-29-31-82(32-30-81)48-12-14-50(60(36-48)92-5)54-38-53(64(71)66-56(54)40-59(76-66)68(91)80(3)4)47-10-7-24-83(42-47)61(88)17-26-85-28-22-74-77-85/h9-14,22,28,33-40,44,72-73H,6-8,15-21,23-27,29-32,41-43H2,1-5H3,(H-,75,76,90,91)/p+1. The highest BCUT2D eigenvalue weighted by Crippen LogP contribution is 2.43. The number of aromatic amines is 2. The highest BCUT2D eigenvalue weighted by atomic mass is 19.1. The monoisotopic (exact) mass is 1260 g/mol. The molecule has 4 N–H and O–H groups in total. The van der Waals surface area contributed by atoms with Crippen molar-refractivity contribution in [2.75, 3.05) is 119 Å². The molecule has 482 valence electrons. The fraction of sp³-hybridized carbons (Fsp3) is 0.412. The number of ether oxygens (including phenoxy) is 1. The van der Waals surface area contributed by atoms with Crippen LogP contribution in [0.1, 0.15) is 88.5 Å². The molecule has 4 aromatic heterocycles. The van der Waals surface area contributed by atoms with Crippen molar-refractivity contribution in [2.45, 2.75) is 70.6 Å². The summed E-state index contributed by atoms with van der Waals surface area (Å²) in [6, 6.07) is 18.2. The van der Waals surface area contributed by atoms with Crippen molar-refractivity contribution < 1.29 is 41.8 Å². The summed E-state index contributed by atoms with van der Waals surface area (Å²) in [5.41, 5.74) is 7.11. The Kier molecular flexibility index (Phi) is 19.0. The highest BCUT2D eigenvalue weighted by molar-refractivity contribution is 6.06. The summed E-state index contributed by atoms with van der Waals surface area (Å²) in [6.07, 6.45) is 15.1. The minimum Gasteiger partial charge on any atom is -0.496 e. The van der Waals surface area contributed by atoms with Crippen LogP contribution in [-0.2, 0) is 29.3 Å². The van der Waals surface area contributed by atoms with Gasteiger partial charge in [0.1, 0.15) is 29.5 Å². The third kappa shape index (κ3) is 13.6. The number of nitrogens with zero attached hydrogens (tertiary/aromatic N) is 12. The molecule has 4 aliphatic heterocycles. The number of halogens is 3. The molecular weight excluding hydrogens is 1180 g/mol. The number of nitrogens with one attached hydrogen (secondary N) is 4. The lowest BCUT2D eigenvalue weighted by molar-refractivity contribution is -0.759. The average molecular weight is 1260 g/mol. The Balaban J connectivity index is 0.625. The van der Waals surface area contributed by atoms with Crippen molar-refractivity contribution in [2.24, 2.45) is 0 Å². The van der Waals surface area contributed by atoms with Crippen molar-refractivity contribution in [1.82, 2.24) is 70.0 Å². The number of aromatic nitrogens is 8. The Morgan fingerprint density at radius 3 is 1.90 bits per heavy atom. The summed E-state index contributed by atoms with van der Waals surface area (Å²) < 4.78 is 60.8. The van der Waals surface area contributed by atoms with E-state index < -0.39 is 11.6 Å². The largest absolute Gasteiger partial charge is 0.496 e. The zero-order valence-electron chi connectivity index (χ0n) is 52.9. The van der Waals surface area contributed by atoms with Gasteiger partial charge < -0.3 is 44.5 Å². The normalized spacial score (nSPS) is 15.9. The van der Waals surface area contributed by atoms with E-state index in [1.54, 1.807) is 85.1 Å². The fourth-order valence-electron chi connectivity index (χ4n) is 13.2. The number of rotatable bonds is 21. The zero-order chi connectivity index (χ0) is 64.2. The second-order valence-corrected chi connectivity index (χ2v) is 24.7. The number of hydrogen-bond donors (Lipinski definition) is 4. The molecule has 4 amide bonds. The molecule has 21 nitrogen and oxygen atoms in total. The Bertz CT molecular complexity index is 4100. The van der Waals surface area contributed by atoms with Crippen molar-refractivity contribution in [1.29, 1.82) is 0 Å². The van der Waals surface area contributed by atoms with Crippen molar-refractivity contribution in [3.63, 3.8) is 0 Å². The van der Waals surface area contributed by atoms with Crippen LogP contribution in [0.3, 0.4) is 0 Å². The number of methoxy groups -OCH3 is 1. The van der Waals surface area contributed by atoms with Crippen molar-refractivity contribution >= 4 is 62.3 Å². The van der Waals surface area contributed by atoms with Gasteiger partial charge >= 0.3 is 0 Å². The van der Waals surface area contributed by atoms with Crippen LogP contribution in [0.4, 0.5) is 18.9 Å². The molecule has 4 aromatic carbocycles. The van der Waals surface area contributed by atoms with Gasteiger partial charge in [-0.2, -0.15) is 0 Å². The first kappa shape index (κ1) is 63.0. The second kappa shape index (κ2) is 27.8. The van der Waals surface area contributed by atoms with E-state index in [1.807, 2.05) is 59.6 Å². The molecule has 0 radical (unpaired) electrons. The smallest absolute Gasteiger partial charge is 0.269 e. The number of fused-ring (bicyclic) bond motifs is 2. The first-order valence-corrected chi connectivity index (χ1v) is 31.8. The molecule has 92 heavy (non-hydrogen) atoms. The number of piperidine rings is 1. The van der Waals surface area contributed by atoms with E-state index in [2.05, 4.69) is 52.0 Å². The molecule has 8 aromatic rings. The van der Waals surface area contributed by atoms with Gasteiger partial charge in [0.15, 0.2) is 30.7 Å². The predicted octanol–water partition coefficient (Wildman–Crippen LogP) is 7.53. The van der Waals surface area contributed by atoms with Crippen molar-refractivity contribution in [3.8, 4) is 28.0 Å². The number of piperazine rings is 1. The van der Waals surface area contributed by atoms with Crippen LogP contribution >= 0.6 is 0 Å². The van der Waals surface area contributed by atoms with Crippen LogP contribution in [0.5, 0.6) is 5.75 Å². The summed E-state index contributed by atoms with van der Waals surface area (Å²) in [5, 5.41) is 20.3. The fourth-order valence-corrected chi connectivity index (χ4v) is 13.2. The Morgan fingerprint density at radius 2 is 1.30 bits per heavy atom. The number of H-pyrrole nitrogens is 2. The van der Waals surface area contributed by atoms with E-state index in [9.17, 15) is 19.2 Å². The molecule has 12 rings (SSSR count). The maximum Gasteiger partial charge on any atom is 0.269 e. The summed E-state index contributed by atoms with van der Waals surface area (Å²) in [4.78, 5) is 70.9. The number of carbonyl (C=O) groups is 4. The molecular formula is C68H80F3N16O5+. The molecule has 0 atom stereocenters. The van der Waals surface area contributed by atoms with Gasteiger partial charge in [-0.05, 0) is 140 Å².